The highest BCUT2D eigenvalue weighted by molar-refractivity contribution is 5.83. The Bertz CT molecular complexity index is 894. The van der Waals surface area contributed by atoms with Crippen LogP contribution in [0.25, 0.3) is 10.8 Å². The maximum absolute atomic E-state index is 11.7. The summed E-state index contributed by atoms with van der Waals surface area (Å²) >= 11 is 0. The van der Waals surface area contributed by atoms with Crippen LogP contribution in [0.15, 0.2) is 66.8 Å². The van der Waals surface area contributed by atoms with Crippen LogP contribution < -0.4 is 0 Å². The lowest BCUT2D eigenvalue weighted by molar-refractivity contribution is -0.157. The van der Waals surface area contributed by atoms with Gasteiger partial charge in [0.1, 0.15) is 5.60 Å². The van der Waals surface area contributed by atoms with E-state index < -0.39 is 5.60 Å². The summed E-state index contributed by atoms with van der Waals surface area (Å²) in [4.78, 5) is 11.7. The average Bonchev–Trinajstić information content (AvgIpc) is 2.68. The molecular weight excluding hydrogens is 348 g/mol. The molecule has 1 aliphatic carbocycles. The SMILES string of the molecule is C=CC(=O)OC(C)(C)C1CC=C(C)C(OC(C)c2ccc3ccccc3c2)C1. The third kappa shape index (κ3) is 4.53. The van der Waals surface area contributed by atoms with Crippen LogP contribution in [-0.4, -0.2) is 17.7 Å². The van der Waals surface area contributed by atoms with E-state index in [1.165, 1.54) is 28.0 Å². The molecule has 2 aromatic rings. The largest absolute Gasteiger partial charge is 0.456 e. The summed E-state index contributed by atoms with van der Waals surface area (Å²) in [5.41, 5.74) is 1.86. The average molecular weight is 379 g/mol. The first kappa shape index (κ1) is 20.3. The molecule has 3 unspecified atom stereocenters. The molecule has 0 aromatic heterocycles. The lowest BCUT2D eigenvalue weighted by Crippen LogP contribution is -2.40. The fourth-order valence-electron chi connectivity index (χ4n) is 3.90. The van der Waals surface area contributed by atoms with Crippen LogP contribution in [-0.2, 0) is 14.3 Å². The second-order valence-electron chi connectivity index (χ2n) is 8.22. The van der Waals surface area contributed by atoms with Gasteiger partial charge in [-0.05, 0) is 68.5 Å². The number of carbonyl (C=O) groups excluding carboxylic acids is 1. The van der Waals surface area contributed by atoms with Gasteiger partial charge in [0.25, 0.3) is 0 Å². The monoisotopic (exact) mass is 378 g/mol. The molecule has 0 spiro atoms. The summed E-state index contributed by atoms with van der Waals surface area (Å²) < 4.78 is 12.1. The number of rotatable bonds is 6. The Morgan fingerprint density at radius 3 is 2.64 bits per heavy atom. The number of allylic oxidation sites excluding steroid dienone is 1. The summed E-state index contributed by atoms with van der Waals surface area (Å²) in [6, 6.07) is 14.9. The zero-order chi connectivity index (χ0) is 20.3. The van der Waals surface area contributed by atoms with E-state index in [4.69, 9.17) is 9.47 Å². The molecule has 0 heterocycles. The van der Waals surface area contributed by atoms with Gasteiger partial charge in [0.05, 0.1) is 12.2 Å². The van der Waals surface area contributed by atoms with E-state index in [-0.39, 0.29) is 24.1 Å². The molecule has 148 valence electrons. The maximum atomic E-state index is 11.7. The predicted molar refractivity (Wildman–Crippen MR) is 114 cm³/mol. The fraction of sp³-hybridized carbons (Fsp3) is 0.400. The van der Waals surface area contributed by atoms with Crippen molar-refractivity contribution in [2.75, 3.05) is 0 Å². The van der Waals surface area contributed by atoms with Crippen LogP contribution in [0.5, 0.6) is 0 Å². The normalized spacial score (nSPS) is 21.1. The number of hydrogen-bond donors (Lipinski definition) is 0. The Morgan fingerprint density at radius 1 is 1.21 bits per heavy atom. The third-order valence-corrected chi connectivity index (χ3v) is 5.86. The molecule has 0 N–H and O–H groups in total. The molecule has 0 radical (unpaired) electrons. The Balaban J connectivity index is 1.73. The van der Waals surface area contributed by atoms with Gasteiger partial charge in [-0.1, -0.05) is 49.1 Å². The number of hydrogen-bond acceptors (Lipinski definition) is 3. The van der Waals surface area contributed by atoms with E-state index in [9.17, 15) is 4.79 Å². The lowest BCUT2D eigenvalue weighted by atomic mass is 9.78. The van der Waals surface area contributed by atoms with E-state index in [0.29, 0.717) is 0 Å². The van der Waals surface area contributed by atoms with E-state index in [1.54, 1.807) is 0 Å². The van der Waals surface area contributed by atoms with Crippen molar-refractivity contribution in [3.8, 4) is 0 Å². The highest BCUT2D eigenvalue weighted by Gasteiger charge is 2.37. The summed E-state index contributed by atoms with van der Waals surface area (Å²) in [6.07, 6.45) is 5.15. The van der Waals surface area contributed by atoms with Gasteiger partial charge in [-0.2, -0.15) is 0 Å². The summed E-state index contributed by atoms with van der Waals surface area (Å²) in [7, 11) is 0. The fourth-order valence-corrected chi connectivity index (χ4v) is 3.90. The van der Waals surface area contributed by atoms with Crippen molar-refractivity contribution in [2.24, 2.45) is 5.92 Å². The van der Waals surface area contributed by atoms with Gasteiger partial charge < -0.3 is 9.47 Å². The topological polar surface area (TPSA) is 35.5 Å². The van der Waals surface area contributed by atoms with Crippen molar-refractivity contribution in [3.05, 3.63) is 72.3 Å². The molecule has 0 bridgehead atoms. The first-order valence-electron chi connectivity index (χ1n) is 9.96. The summed E-state index contributed by atoms with van der Waals surface area (Å²) in [5, 5.41) is 2.46. The molecule has 3 atom stereocenters. The van der Waals surface area contributed by atoms with Crippen LogP contribution in [0.4, 0.5) is 0 Å². The molecule has 0 amide bonds. The molecule has 1 aliphatic rings. The molecule has 0 saturated carbocycles. The Morgan fingerprint density at radius 2 is 1.93 bits per heavy atom. The van der Waals surface area contributed by atoms with Crippen LogP contribution in [0, 0.1) is 5.92 Å². The number of esters is 1. The van der Waals surface area contributed by atoms with Crippen LogP contribution >= 0.6 is 0 Å². The third-order valence-electron chi connectivity index (χ3n) is 5.86. The van der Waals surface area contributed by atoms with Gasteiger partial charge in [0.15, 0.2) is 0 Å². The standard InChI is InChI=1S/C25H30O3/c1-6-24(26)28-25(4,5)22-14-11-17(2)23(16-22)27-18(3)20-13-12-19-9-7-8-10-21(19)15-20/h6-13,15,18,22-23H,1,14,16H2,2-5H3. The second-order valence-corrected chi connectivity index (χ2v) is 8.22. The quantitative estimate of drug-likeness (QED) is 0.343. The molecule has 28 heavy (non-hydrogen) atoms. The Hall–Kier alpha value is -2.39. The van der Waals surface area contributed by atoms with Crippen molar-refractivity contribution in [2.45, 2.75) is 58.3 Å². The molecule has 2 aromatic carbocycles. The van der Waals surface area contributed by atoms with Gasteiger partial charge in [0.2, 0.25) is 0 Å². The Labute approximate surface area is 168 Å². The minimum absolute atomic E-state index is 0.0157. The van der Waals surface area contributed by atoms with E-state index in [1.807, 2.05) is 13.8 Å². The predicted octanol–water partition coefficient (Wildman–Crippen LogP) is 6.15. The van der Waals surface area contributed by atoms with Crippen molar-refractivity contribution in [1.29, 1.82) is 0 Å². The number of carbonyl (C=O) groups is 1. The number of fused-ring (bicyclic) bond motifs is 1. The minimum Gasteiger partial charge on any atom is -0.456 e. The molecule has 0 aliphatic heterocycles. The van der Waals surface area contributed by atoms with Crippen LogP contribution in [0.3, 0.4) is 0 Å². The molecule has 3 rings (SSSR count). The van der Waals surface area contributed by atoms with Gasteiger partial charge in [-0.25, -0.2) is 4.79 Å². The summed E-state index contributed by atoms with van der Waals surface area (Å²) in [5.74, 6) is -0.174. The molecule has 3 nitrogen and oxygen atoms in total. The minimum atomic E-state index is -0.559. The highest BCUT2D eigenvalue weighted by Crippen LogP contribution is 2.37. The first-order chi connectivity index (χ1) is 13.3. The lowest BCUT2D eigenvalue weighted by Gasteiger charge is -2.39. The van der Waals surface area contributed by atoms with Gasteiger partial charge in [-0.15, -0.1) is 0 Å². The zero-order valence-corrected chi connectivity index (χ0v) is 17.3. The first-order valence-corrected chi connectivity index (χ1v) is 9.96. The zero-order valence-electron chi connectivity index (χ0n) is 17.3. The van der Waals surface area contributed by atoms with Gasteiger partial charge in [-0.3, -0.25) is 0 Å². The molecule has 3 heteroatoms. The number of ether oxygens (including phenoxy) is 2. The van der Waals surface area contributed by atoms with Crippen molar-refractivity contribution < 1.29 is 14.3 Å². The smallest absolute Gasteiger partial charge is 0.330 e. The molecular formula is C25H30O3. The number of benzene rings is 2. The van der Waals surface area contributed by atoms with Crippen LogP contribution in [0.1, 0.15) is 52.2 Å². The van der Waals surface area contributed by atoms with Crippen LogP contribution in [0.2, 0.25) is 0 Å². The van der Waals surface area contributed by atoms with Gasteiger partial charge >= 0.3 is 5.97 Å². The Kier molecular flexibility index (Phi) is 6.04. The molecule has 0 fully saturated rings. The van der Waals surface area contributed by atoms with E-state index >= 15 is 0 Å². The highest BCUT2D eigenvalue weighted by atomic mass is 16.6. The van der Waals surface area contributed by atoms with Crippen molar-refractivity contribution in [3.63, 3.8) is 0 Å². The van der Waals surface area contributed by atoms with E-state index in [2.05, 4.69) is 69.0 Å². The second kappa shape index (κ2) is 8.32. The van der Waals surface area contributed by atoms with E-state index in [0.717, 1.165) is 12.8 Å². The summed E-state index contributed by atoms with van der Waals surface area (Å²) in [6.45, 7) is 11.7. The van der Waals surface area contributed by atoms with Crippen molar-refractivity contribution in [1.82, 2.24) is 0 Å². The van der Waals surface area contributed by atoms with Crippen molar-refractivity contribution >= 4 is 16.7 Å². The maximum Gasteiger partial charge on any atom is 0.330 e. The molecule has 0 saturated heterocycles. The van der Waals surface area contributed by atoms with Gasteiger partial charge in [0, 0.05) is 12.0 Å².